The van der Waals surface area contributed by atoms with Gasteiger partial charge in [-0.05, 0) is 62.2 Å². The first-order valence-electron chi connectivity index (χ1n) is 14.4. The Morgan fingerprint density at radius 3 is 2.34 bits per heavy atom. The number of ketones is 1. The first-order valence-corrected chi connectivity index (χ1v) is 15.8. The molecule has 3 atom stereocenters. The first kappa shape index (κ1) is 29.2. The molecule has 3 aliphatic heterocycles. The Labute approximate surface area is 242 Å². The Kier molecular flexibility index (Phi) is 8.77. The van der Waals surface area contributed by atoms with Crippen LogP contribution in [0.1, 0.15) is 36.5 Å². The van der Waals surface area contributed by atoms with E-state index < -0.39 is 22.1 Å². The molecule has 0 spiro atoms. The van der Waals surface area contributed by atoms with Gasteiger partial charge in [0.25, 0.3) is 5.91 Å². The fourth-order valence-corrected chi connectivity index (χ4v) is 7.69. The summed E-state index contributed by atoms with van der Waals surface area (Å²) in [5, 5.41) is 2.95. The molecule has 3 saturated heterocycles. The molecule has 0 aliphatic carbocycles. The molecule has 0 bridgehead atoms. The predicted molar refractivity (Wildman–Crippen MR) is 156 cm³/mol. The molecule has 2 aromatic rings. The molecule has 220 valence electrons. The van der Waals surface area contributed by atoms with Crippen LogP contribution in [0.25, 0.3) is 0 Å². The number of anilines is 1. The Balaban J connectivity index is 1.09. The number of likely N-dealkylation sites (tertiary alicyclic amines) is 1. The Bertz CT molecular complexity index is 1360. The van der Waals surface area contributed by atoms with E-state index in [1.54, 1.807) is 23.1 Å². The lowest BCUT2D eigenvalue weighted by atomic mass is 10.0. The number of nitrogens with zero attached hydrogens (tertiary/aromatic N) is 4. The largest absolute Gasteiger partial charge is 0.369 e. The van der Waals surface area contributed by atoms with Gasteiger partial charge in [-0.3, -0.25) is 14.4 Å². The van der Waals surface area contributed by atoms with Crippen molar-refractivity contribution in [2.75, 3.05) is 57.8 Å². The molecule has 11 heteroatoms. The monoisotopic (exact) mass is 581 g/mol. The third-order valence-electron chi connectivity index (χ3n) is 8.49. The maximum Gasteiger partial charge on any atom is 0.251 e. The van der Waals surface area contributed by atoms with Gasteiger partial charge < -0.3 is 20.0 Å². The minimum absolute atomic E-state index is 0.0119. The van der Waals surface area contributed by atoms with Gasteiger partial charge >= 0.3 is 0 Å². The first-order chi connectivity index (χ1) is 19.6. The van der Waals surface area contributed by atoms with Crippen LogP contribution in [0, 0.1) is 5.92 Å². The van der Waals surface area contributed by atoms with Crippen LogP contribution < -0.4 is 10.2 Å². The molecule has 5 rings (SSSR count). The standard InChI is InChI=1S/C30H39N5O5S/c1-22(12-14-31-30(38)23-8-10-24(11-9-23)33-18-16-32(2)17-19-33)20-28(37)34-15-13-26-29(34)27(36)21-35(26)41(39,40)25-6-4-3-5-7-25/h3-11,22,26,29H,12-21H2,1-2H3,(H,31,38). The molecule has 41 heavy (non-hydrogen) atoms. The zero-order valence-electron chi connectivity index (χ0n) is 23.7. The Hall–Kier alpha value is -3.28. The Morgan fingerprint density at radius 1 is 0.976 bits per heavy atom. The van der Waals surface area contributed by atoms with Crippen molar-refractivity contribution in [2.24, 2.45) is 5.92 Å². The maximum absolute atomic E-state index is 13.2. The molecule has 0 saturated carbocycles. The van der Waals surface area contributed by atoms with Crippen LogP contribution >= 0.6 is 0 Å². The van der Waals surface area contributed by atoms with Gasteiger partial charge in [0.05, 0.1) is 17.5 Å². The summed E-state index contributed by atoms with van der Waals surface area (Å²) in [4.78, 5) is 45.1. The summed E-state index contributed by atoms with van der Waals surface area (Å²) in [5.41, 5.74) is 1.72. The van der Waals surface area contributed by atoms with Crippen molar-refractivity contribution in [2.45, 2.75) is 43.2 Å². The molecular weight excluding hydrogens is 542 g/mol. The maximum atomic E-state index is 13.2. The van der Waals surface area contributed by atoms with E-state index in [4.69, 9.17) is 0 Å². The van der Waals surface area contributed by atoms with Gasteiger partial charge in [0.15, 0.2) is 5.78 Å². The minimum Gasteiger partial charge on any atom is -0.369 e. The second kappa shape index (κ2) is 12.3. The van der Waals surface area contributed by atoms with Crippen LogP contribution in [0.4, 0.5) is 5.69 Å². The number of carbonyl (C=O) groups is 3. The highest BCUT2D eigenvalue weighted by molar-refractivity contribution is 7.89. The van der Waals surface area contributed by atoms with Crippen molar-refractivity contribution in [3.05, 3.63) is 60.2 Å². The number of carbonyl (C=O) groups excluding carboxylic acids is 3. The van der Waals surface area contributed by atoms with E-state index in [0.717, 1.165) is 31.9 Å². The number of Topliss-reactive ketones (excluding diaryl/α,β-unsaturated/α-hetero) is 1. The summed E-state index contributed by atoms with van der Waals surface area (Å²) in [5.74, 6) is -0.545. The summed E-state index contributed by atoms with van der Waals surface area (Å²) in [7, 11) is -1.70. The van der Waals surface area contributed by atoms with Crippen molar-refractivity contribution in [1.29, 1.82) is 0 Å². The zero-order valence-corrected chi connectivity index (χ0v) is 24.6. The number of hydrogen-bond acceptors (Lipinski definition) is 7. The van der Waals surface area contributed by atoms with Crippen molar-refractivity contribution < 1.29 is 22.8 Å². The van der Waals surface area contributed by atoms with Gasteiger partial charge in [-0.2, -0.15) is 4.31 Å². The molecule has 0 radical (unpaired) electrons. The fourth-order valence-electron chi connectivity index (χ4n) is 6.04. The second-order valence-corrected chi connectivity index (χ2v) is 13.3. The molecule has 2 aromatic carbocycles. The average Bonchev–Trinajstić information content (AvgIpc) is 3.55. The molecule has 10 nitrogen and oxygen atoms in total. The SMILES string of the molecule is CC(CCNC(=O)c1ccc(N2CCN(C)CC2)cc1)CC(=O)N1CCC2C1C(=O)CN2S(=O)(=O)c1ccccc1. The number of likely N-dealkylation sites (N-methyl/N-ethyl adjacent to an activating group) is 1. The van der Waals surface area contributed by atoms with E-state index in [9.17, 15) is 22.8 Å². The van der Waals surface area contributed by atoms with E-state index in [2.05, 4.69) is 22.2 Å². The number of rotatable bonds is 9. The fraction of sp³-hybridized carbons (Fsp3) is 0.500. The normalized spacial score (nSPS) is 22.5. The molecular formula is C30H39N5O5S. The zero-order chi connectivity index (χ0) is 29.1. The number of piperazine rings is 1. The summed E-state index contributed by atoms with van der Waals surface area (Å²) in [6.45, 7) is 6.50. The molecule has 3 aliphatic rings. The predicted octanol–water partition coefficient (Wildman–Crippen LogP) is 1.83. The van der Waals surface area contributed by atoms with E-state index in [1.165, 1.54) is 16.4 Å². The summed E-state index contributed by atoms with van der Waals surface area (Å²) < 4.78 is 27.6. The van der Waals surface area contributed by atoms with E-state index in [1.807, 2.05) is 31.2 Å². The van der Waals surface area contributed by atoms with E-state index in [0.29, 0.717) is 31.5 Å². The molecule has 1 N–H and O–H groups in total. The van der Waals surface area contributed by atoms with Gasteiger partial charge in [0.1, 0.15) is 6.04 Å². The number of fused-ring (bicyclic) bond motifs is 1. The van der Waals surface area contributed by atoms with Crippen LogP contribution in [-0.2, 0) is 19.6 Å². The summed E-state index contributed by atoms with van der Waals surface area (Å²) >= 11 is 0. The van der Waals surface area contributed by atoms with Gasteiger partial charge in [-0.25, -0.2) is 8.42 Å². The minimum atomic E-state index is -3.82. The lowest BCUT2D eigenvalue weighted by Crippen LogP contribution is -2.44. The summed E-state index contributed by atoms with van der Waals surface area (Å²) in [6.07, 6.45) is 1.28. The highest BCUT2D eigenvalue weighted by atomic mass is 32.2. The quantitative estimate of drug-likeness (QED) is 0.481. The van der Waals surface area contributed by atoms with Crippen molar-refractivity contribution in [3.8, 4) is 0 Å². The molecule has 3 unspecified atom stereocenters. The topological polar surface area (TPSA) is 110 Å². The smallest absolute Gasteiger partial charge is 0.251 e. The molecule has 0 aromatic heterocycles. The third kappa shape index (κ3) is 6.32. The van der Waals surface area contributed by atoms with Gasteiger partial charge in [0, 0.05) is 56.9 Å². The Morgan fingerprint density at radius 2 is 1.66 bits per heavy atom. The van der Waals surface area contributed by atoms with E-state index >= 15 is 0 Å². The van der Waals surface area contributed by atoms with Gasteiger partial charge in [-0.15, -0.1) is 0 Å². The van der Waals surface area contributed by atoms with Crippen molar-refractivity contribution >= 4 is 33.3 Å². The third-order valence-corrected chi connectivity index (χ3v) is 10.4. The molecule has 3 fully saturated rings. The van der Waals surface area contributed by atoms with Gasteiger partial charge in [-0.1, -0.05) is 25.1 Å². The molecule has 3 heterocycles. The van der Waals surface area contributed by atoms with E-state index in [-0.39, 0.29) is 41.4 Å². The van der Waals surface area contributed by atoms with Crippen LogP contribution in [0.15, 0.2) is 59.5 Å². The van der Waals surface area contributed by atoms with Crippen LogP contribution in [-0.4, -0.2) is 105 Å². The number of nitrogens with one attached hydrogen (secondary N) is 1. The van der Waals surface area contributed by atoms with Crippen LogP contribution in [0.2, 0.25) is 0 Å². The number of benzene rings is 2. The van der Waals surface area contributed by atoms with Gasteiger partial charge in [0.2, 0.25) is 15.9 Å². The summed E-state index contributed by atoms with van der Waals surface area (Å²) in [6, 6.07) is 14.5. The molecule has 2 amide bonds. The van der Waals surface area contributed by atoms with Crippen LogP contribution in [0.3, 0.4) is 0 Å². The number of sulfonamides is 1. The lowest BCUT2D eigenvalue weighted by Gasteiger charge is -2.34. The van der Waals surface area contributed by atoms with Crippen LogP contribution in [0.5, 0.6) is 0 Å². The number of amides is 2. The highest BCUT2D eigenvalue weighted by Gasteiger charge is 2.53. The lowest BCUT2D eigenvalue weighted by molar-refractivity contribution is -0.137. The highest BCUT2D eigenvalue weighted by Crippen LogP contribution is 2.34. The van der Waals surface area contributed by atoms with Crippen molar-refractivity contribution in [3.63, 3.8) is 0 Å². The van der Waals surface area contributed by atoms with Crippen molar-refractivity contribution in [1.82, 2.24) is 19.4 Å². The number of hydrogen-bond donors (Lipinski definition) is 1. The average molecular weight is 582 g/mol. The second-order valence-electron chi connectivity index (χ2n) is 11.4.